The third-order valence-corrected chi connectivity index (χ3v) is 3.39. The molecule has 0 radical (unpaired) electrons. The first kappa shape index (κ1) is 13.4. The highest BCUT2D eigenvalue weighted by molar-refractivity contribution is 8.14. The number of carbonyl (C=O) groups is 3. The number of rotatable bonds is 5. The van der Waals surface area contributed by atoms with Gasteiger partial charge >= 0.3 is 5.97 Å². The van der Waals surface area contributed by atoms with E-state index in [1.54, 1.807) is 12.1 Å². The Morgan fingerprint density at radius 2 is 2.11 bits per heavy atom. The summed E-state index contributed by atoms with van der Waals surface area (Å²) in [5, 5.41) is 8.67. The minimum Gasteiger partial charge on any atom is -0.491 e. The van der Waals surface area contributed by atoms with E-state index in [1.165, 1.54) is 12.1 Å². The van der Waals surface area contributed by atoms with Crippen molar-refractivity contribution in [3.8, 4) is 5.75 Å². The van der Waals surface area contributed by atoms with Gasteiger partial charge < -0.3 is 9.84 Å². The molecular weight excluding hydrogens is 270 g/mol. The first-order valence-electron chi connectivity index (χ1n) is 5.52. The Morgan fingerprint density at radius 1 is 1.37 bits per heavy atom. The fraction of sp³-hybridized carbons (Fsp3) is 0.250. The van der Waals surface area contributed by atoms with Crippen LogP contribution in [-0.2, 0) is 4.79 Å². The second kappa shape index (κ2) is 5.75. The molecule has 0 spiro atoms. The van der Waals surface area contributed by atoms with Crippen LogP contribution in [0.4, 0.5) is 4.79 Å². The van der Waals surface area contributed by atoms with E-state index in [-0.39, 0.29) is 41.4 Å². The van der Waals surface area contributed by atoms with E-state index in [2.05, 4.69) is 0 Å². The third-order valence-electron chi connectivity index (χ3n) is 2.53. The van der Waals surface area contributed by atoms with Gasteiger partial charge in [0.15, 0.2) is 0 Å². The largest absolute Gasteiger partial charge is 0.491 e. The smallest absolute Gasteiger partial charge is 0.339 e. The summed E-state index contributed by atoms with van der Waals surface area (Å²) in [6.45, 7) is 0.195. The zero-order valence-corrected chi connectivity index (χ0v) is 10.7. The number of carbonyl (C=O) groups excluding carboxylic acids is 2. The summed E-state index contributed by atoms with van der Waals surface area (Å²) >= 11 is 0.956. The van der Waals surface area contributed by atoms with Crippen molar-refractivity contribution in [2.75, 3.05) is 18.9 Å². The number of hydrogen-bond acceptors (Lipinski definition) is 5. The molecule has 0 atom stereocenters. The van der Waals surface area contributed by atoms with E-state index in [0.717, 1.165) is 16.7 Å². The van der Waals surface area contributed by atoms with Gasteiger partial charge in [0, 0.05) is 0 Å². The lowest BCUT2D eigenvalue weighted by molar-refractivity contribution is -0.124. The average molecular weight is 281 g/mol. The molecule has 1 N–H and O–H groups in total. The molecule has 1 aliphatic heterocycles. The topological polar surface area (TPSA) is 83.9 Å². The van der Waals surface area contributed by atoms with Crippen LogP contribution in [0.25, 0.3) is 0 Å². The Balaban J connectivity index is 1.94. The summed E-state index contributed by atoms with van der Waals surface area (Å²) in [7, 11) is 0. The maximum Gasteiger partial charge on any atom is 0.339 e. The molecule has 19 heavy (non-hydrogen) atoms. The second-order valence-corrected chi connectivity index (χ2v) is 4.68. The summed E-state index contributed by atoms with van der Waals surface area (Å²) in [5.74, 6) is -0.948. The number of aromatic carboxylic acids is 1. The van der Waals surface area contributed by atoms with E-state index < -0.39 is 5.97 Å². The Labute approximate surface area is 113 Å². The first-order valence-corrected chi connectivity index (χ1v) is 6.50. The number of para-hydroxylation sites is 1. The molecular formula is C12H11NO5S. The van der Waals surface area contributed by atoms with E-state index >= 15 is 0 Å². The van der Waals surface area contributed by atoms with E-state index in [9.17, 15) is 14.4 Å². The summed E-state index contributed by atoms with van der Waals surface area (Å²) in [5.41, 5.74) is 0.0518. The van der Waals surface area contributed by atoms with Crippen LogP contribution < -0.4 is 4.74 Å². The monoisotopic (exact) mass is 281 g/mol. The van der Waals surface area contributed by atoms with Crippen LogP contribution in [0.3, 0.4) is 0 Å². The zero-order chi connectivity index (χ0) is 13.8. The van der Waals surface area contributed by atoms with Crippen molar-refractivity contribution >= 4 is 28.9 Å². The lowest BCUT2D eigenvalue weighted by Gasteiger charge is -2.14. The zero-order valence-electron chi connectivity index (χ0n) is 9.87. The van der Waals surface area contributed by atoms with Crippen molar-refractivity contribution in [3.63, 3.8) is 0 Å². The Hall–Kier alpha value is -2.02. The van der Waals surface area contributed by atoms with Crippen LogP contribution in [0.15, 0.2) is 24.3 Å². The van der Waals surface area contributed by atoms with Gasteiger partial charge in [0.25, 0.3) is 5.24 Å². The second-order valence-electron chi connectivity index (χ2n) is 3.75. The molecule has 1 aromatic rings. The highest BCUT2D eigenvalue weighted by atomic mass is 32.2. The van der Waals surface area contributed by atoms with Gasteiger partial charge in [-0.3, -0.25) is 14.5 Å². The minimum absolute atomic E-state index is 0.0518. The predicted molar refractivity (Wildman–Crippen MR) is 68.5 cm³/mol. The Morgan fingerprint density at radius 3 is 2.74 bits per heavy atom. The number of ether oxygens (including phenoxy) is 1. The molecule has 0 unspecified atom stereocenters. The standard InChI is InChI=1S/C12H11NO5S/c14-10-7-19-12(17)13(10)5-6-18-9-4-2-1-3-8(9)11(15)16/h1-4H,5-7H2,(H,15,16). The van der Waals surface area contributed by atoms with Crippen LogP contribution in [0.2, 0.25) is 0 Å². The molecule has 100 valence electrons. The average Bonchev–Trinajstić information content (AvgIpc) is 2.70. The molecule has 1 fully saturated rings. The molecule has 2 rings (SSSR count). The molecule has 1 aliphatic rings. The number of imide groups is 1. The van der Waals surface area contributed by atoms with E-state index in [0.29, 0.717) is 0 Å². The van der Waals surface area contributed by atoms with Gasteiger partial charge in [0.1, 0.15) is 17.9 Å². The summed E-state index contributed by atoms with van der Waals surface area (Å²) in [6.07, 6.45) is 0. The lowest BCUT2D eigenvalue weighted by Crippen LogP contribution is -2.32. The molecule has 0 aliphatic carbocycles. The van der Waals surface area contributed by atoms with E-state index in [1.807, 2.05) is 0 Å². The summed E-state index contributed by atoms with van der Waals surface area (Å²) in [6, 6.07) is 6.22. The van der Waals surface area contributed by atoms with Gasteiger partial charge in [-0.05, 0) is 12.1 Å². The molecule has 7 heteroatoms. The highest BCUT2D eigenvalue weighted by Gasteiger charge is 2.29. The quantitative estimate of drug-likeness (QED) is 0.879. The number of amides is 2. The molecule has 0 bridgehead atoms. The van der Waals surface area contributed by atoms with Gasteiger partial charge in [-0.25, -0.2) is 4.79 Å². The number of carboxylic acid groups (broad SMARTS) is 1. The Bertz CT molecular complexity index is 515. The van der Waals surface area contributed by atoms with Crippen molar-refractivity contribution in [1.29, 1.82) is 0 Å². The molecule has 6 nitrogen and oxygen atoms in total. The number of carboxylic acids is 1. The van der Waals surface area contributed by atoms with Crippen molar-refractivity contribution in [1.82, 2.24) is 4.90 Å². The number of nitrogens with zero attached hydrogens (tertiary/aromatic N) is 1. The number of thioether (sulfide) groups is 1. The SMILES string of the molecule is O=C(O)c1ccccc1OCCN1C(=O)CSC1=O. The fourth-order valence-electron chi connectivity index (χ4n) is 1.61. The van der Waals surface area contributed by atoms with Gasteiger partial charge in [-0.1, -0.05) is 23.9 Å². The van der Waals surface area contributed by atoms with Crippen LogP contribution >= 0.6 is 11.8 Å². The van der Waals surface area contributed by atoms with Crippen LogP contribution in [0, 0.1) is 0 Å². The summed E-state index contributed by atoms with van der Waals surface area (Å²) in [4.78, 5) is 34.7. The summed E-state index contributed by atoms with van der Waals surface area (Å²) < 4.78 is 5.32. The maximum absolute atomic E-state index is 11.3. The number of benzene rings is 1. The van der Waals surface area contributed by atoms with Crippen LogP contribution in [0.5, 0.6) is 5.75 Å². The van der Waals surface area contributed by atoms with Gasteiger partial charge in [0.05, 0.1) is 12.3 Å². The van der Waals surface area contributed by atoms with Gasteiger partial charge in [-0.2, -0.15) is 0 Å². The molecule has 0 saturated carbocycles. The molecule has 2 amide bonds. The maximum atomic E-state index is 11.3. The number of hydrogen-bond donors (Lipinski definition) is 1. The molecule has 1 saturated heterocycles. The van der Waals surface area contributed by atoms with E-state index in [4.69, 9.17) is 9.84 Å². The molecule has 1 aromatic carbocycles. The lowest BCUT2D eigenvalue weighted by atomic mass is 10.2. The van der Waals surface area contributed by atoms with Crippen LogP contribution in [-0.4, -0.2) is 46.0 Å². The van der Waals surface area contributed by atoms with Gasteiger partial charge in [0.2, 0.25) is 5.91 Å². The molecule has 1 heterocycles. The fourth-order valence-corrected chi connectivity index (χ4v) is 2.36. The predicted octanol–water partition coefficient (Wildman–Crippen LogP) is 1.46. The van der Waals surface area contributed by atoms with Crippen molar-refractivity contribution in [2.24, 2.45) is 0 Å². The van der Waals surface area contributed by atoms with Crippen LogP contribution in [0.1, 0.15) is 10.4 Å². The third kappa shape index (κ3) is 3.05. The first-order chi connectivity index (χ1) is 9.09. The highest BCUT2D eigenvalue weighted by Crippen LogP contribution is 2.20. The normalized spacial score (nSPS) is 14.8. The van der Waals surface area contributed by atoms with Gasteiger partial charge in [-0.15, -0.1) is 0 Å². The van der Waals surface area contributed by atoms with Crippen molar-refractivity contribution in [3.05, 3.63) is 29.8 Å². The minimum atomic E-state index is -1.08. The Kier molecular flexibility index (Phi) is 4.06. The van der Waals surface area contributed by atoms with Crippen molar-refractivity contribution < 1.29 is 24.2 Å². The van der Waals surface area contributed by atoms with Crippen molar-refractivity contribution in [2.45, 2.75) is 0 Å². The molecule has 0 aromatic heterocycles.